The van der Waals surface area contributed by atoms with Crippen molar-refractivity contribution in [3.8, 4) is 5.75 Å². The van der Waals surface area contributed by atoms with Crippen LogP contribution in [0.4, 0.5) is 0 Å². The van der Waals surface area contributed by atoms with Crippen molar-refractivity contribution in [3.63, 3.8) is 0 Å². The van der Waals surface area contributed by atoms with Gasteiger partial charge in [0.25, 0.3) is 0 Å². The minimum atomic E-state index is -0.359. The van der Waals surface area contributed by atoms with E-state index in [2.05, 4.69) is 4.98 Å². The summed E-state index contributed by atoms with van der Waals surface area (Å²) in [6.45, 7) is 2.18. The van der Waals surface area contributed by atoms with Gasteiger partial charge in [-0.05, 0) is 25.1 Å². The third-order valence-corrected chi connectivity index (χ3v) is 2.76. The van der Waals surface area contributed by atoms with Gasteiger partial charge >= 0.3 is 5.97 Å². The number of benzene rings is 1. The molecule has 2 aromatic rings. The van der Waals surface area contributed by atoms with Gasteiger partial charge in [0.2, 0.25) is 0 Å². The number of carbonyl (C=O) groups is 1. The number of ether oxygens (including phenoxy) is 2. The number of esters is 1. The summed E-state index contributed by atoms with van der Waals surface area (Å²) in [4.78, 5) is 15.8. The first kappa shape index (κ1) is 13.1. The standard InChI is InChI=1S/C15H15NO3/c1-11-14(8-5-9-16-11)19-10-12-6-3-4-7-13(12)15(17)18-2/h3-9H,10H2,1-2H3. The lowest BCUT2D eigenvalue weighted by Crippen LogP contribution is -2.08. The highest BCUT2D eigenvalue weighted by atomic mass is 16.5. The number of carbonyl (C=O) groups excluding carboxylic acids is 1. The van der Waals surface area contributed by atoms with Crippen molar-refractivity contribution in [1.29, 1.82) is 0 Å². The van der Waals surface area contributed by atoms with Crippen molar-refractivity contribution in [1.82, 2.24) is 4.98 Å². The highest BCUT2D eigenvalue weighted by Gasteiger charge is 2.11. The Bertz CT molecular complexity index is 581. The lowest BCUT2D eigenvalue weighted by Gasteiger charge is -2.10. The summed E-state index contributed by atoms with van der Waals surface area (Å²) in [5.41, 5.74) is 2.13. The third kappa shape index (κ3) is 3.10. The maximum absolute atomic E-state index is 11.6. The molecular formula is C15H15NO3. The van der Waals surface area contributed by atoms with Gasteiger partial charge in [0, 0.05) is 11.8 Å². The fourth-order valence-electron chi connectivity index (χ4n) is 1.73. The number of methoxy groups -OCH3 is 1. The van der Waals surface area contributed by atoms with Crippen LogP contribution in [0.1, 0.15) is 21.6 Å². The molecule has 0 radical (unpaired) electrons. The Morgan fingerprint density at radius 3 is 2.74 bits per heavy atom. The zero-order chi connectivity index (χ0) is 13.7. The van der Waals surface area contributed by atoms with E-state index in [1.54, 1.807) is 18.3 Å². The van der Waals surface area contributed by atoms with Gasteiger partial charge in [0.1, 0.15) is 12.4 Å². The van der Waals surface area contributed by atoms with Gasteiger partial charge in [-0.25, -0.2) is 4.79 Å². The van der Waals surface area contributed by atoms with Crippen LogP contribution in [-0.4, -0.2) is 18.1 Å². The van der Waals surface area contributed by atoms with Gasteiger partial charge in [0.05, 0.1) is 18.4 Å². The zero-order valence-electron chi connectivity index (χ0n) is 10.9. The molecule has 2 rings (SSSR count). The van der Waals surface area contributed by atoms with Crippen LogP contribution in [0.5, 0.6) is 5.75 Å². The van der Waals surface area contributed by atoms with Crippen molar-refractivity contribution in [3.05, 3.63) is 59.4 Å². The number of pyridine rings is 1. The first-order chi connectivity index (χ1) is 9.22. The van der Waals surface area contributed by atoms with E-state index in [4.69, 9.17) is 9.47 Å². The van der Waals surface area contributed by atoms with Crippen LogP contribution < -0.4 is 4.74 Å². The lowest BCUT2D eigenvalue weighted by atomic mass is 10.1. The Labute approximate surface area is 112 Å². The first-order valence-corrected chi connectivity index (χ1v) is 5.93. The van der Waals surface area contributed by atoms with E-state index < -0.39 is 0 Å². The summed E-state index contributed by atoms with van der Waals surface area (Å²) in [6.07, 6.45) is 1.71. The molecule has 1 aromatic carbocycles. The van der Waals surface area contributed by atoms with Crippen molar-refractivity contribution in [2.45, 2.75) is 13.5 Å². The van der Waals surface area contributed by atoms with Crippen molar-refractivity contribution in [2.24, 2.45) is 0 Å². The summed E-state index contributed by atoms with van der Waals surface area (Å²) >= 11 is 0. The Morgan fingerprint density at radius 2 is 2.00 bits per heavy atom. The minimum absolute atomic E-state index is 0.303. The normalized spacial score (nSPS) is 10.0. The van der Waals surface area contributed by atoms with Crippen LogP contribution in [0, 0.1) is 6.92 Å². The average Bonchev–Trinajstić information content (AvgIpc) is 2.46. The molecule has 1 aromatic heterocycles. The summed E-state index contributed by atoms with van der Waals surface area (Å²) in [5, 5.41) is 0. The van der Waals surface area contributed by atoms with Gasteiger partial charge in [0.15, 0.2) is 0 Å². The molecule has 4 nitrogen and oxygen atoms in total. The van der Waals surface area contributed by atoms with Crippen molar-refractivity contribution >= 4 is 5.97 Å². The van der Waals surface area contributed by atoms with Crippen LogP contribution in [0.3, 0.4) is 0 Å². The Hall–Kier alpha value is -2.36. The minimum Gasteiger partial charge on any atom is -0.487 e. The van der Waals surface area contributed by atoms with E-state index in [0.29, 0.717) is 17.9 Å². The quantitative estimate of drug-likeness (QED) is 0.790. The van der Waals surface area contributed by atoms with E-state index in [1.165, 1.54) is 7.11 Å². The molecule has 0 aliphatic rings. The topological polar surface area (TPSA) is 48.4 Å². The number of aromatic nitrogens is 1. The van der Waals surface area contributed by atoms with Gasteiger partial charge in [-0.15, -0.1) is 0 Å². The molecule has 0 amide bonds. The van der Waals surface area contributed by atoms with Crippen LogP contribution in [0.25, 0.3) is 0 Å². The van der Waals surface area contributed by atoms with E-state index in [1.807, 2.05) is 31.2 Å². The fraction of sp³-hybridized carbons (Fsp3) is 0.200. The van der Waals surface area contributed by atoms with Crippen LogP contribution in [0.2, 0.25) is 0 Å². The number of hydrogen-bond donors (Lipinski definition) is 0. The molecular weight excluding hydrogens is 242 g/mol. The average molecular weight is 257 g/mol. The highest BCUT2D eigenvalue weighted by molar-refractivity contribution is 5.90. The molecule has 0 N–H and O–H groups in total. The molecule has 1 heterocycles. The van der Waals surface area contributed by atoms with Crippen molar-refractivity contribution < 1.29 is 14.3 Å². The number of hydrogen-bond acceptors (Lipinski definition) is 4. The van der Waals surface area contributed by atoms with E-state index in [-0.39, 0.29) is 5.97 Å². The second-order valence-corrected chi connectivity index (χ2v) is 4.02. The zero-order valence-corrected chi connectivity index (χ0v) is 10.9. The number of nitrogens with zero attached hydrogens (tertiary/aromatic N) is 1. The molecule has 4 heteroatoms. The summed E-state index contributed by atoms with van der Waals surface area (Å²) in [6, 6.07) is 10.9. The Morgan fingerprint density at radius 1 is 1.21 bits per heavy atom. The molecule has 0 fully saturated rings. The highest BCUT2D eigenvalue weighted by Crippen LogP contribution is 2.17. The van der Waals surface area contributed by atoms with E-state index in [9.17, 15) is 4.79 Å². The predicted molar refractivity (Wildman–Crippen MR) is 71.1 cm³/mol. The molecule has 98 valence electrons. The largest absolute Gasteiger partial charge is 0.487 e. The van der Waals surface area contributed by atoms with Crippen molar-refractivity contribution in [2.75, 3.05) is 7.11 Å². The smallest absolute Gasteiger partial charge is 0.338 e. The predicted octanol–water partition coefficient (Wildman–Crippen LogP) is 2.76. The molecule has 0 spiro atoms. The van der Waals surface area contributed by atoms with Gasteiger partial charge in [-0.3, -0.25) is 4.98 Å². The molecule has 0 saturated carbocycles. The second-order valence-electron chi connectivity index (χ2n) is 4.02. The van der Waals surface area contributed by atoms with Crippen LogP contribution in [-0.2, 0) is 11.3 Å². The second kappa shape index (κ2) is 6.00. The maximum atomic E-state index is 11.6. The molecule has 0 aliphatic carbocycles. The molecule has 0 bridgehead atoms. The fourth-order valence-corrected chi connectivity index (χ4v) is 1.73. The SMILES string of the molecule is COC(=O)c1ccccc1COc1cccnc1C. The number of rotatable bonds is 4. The third-order valence-electron chi connectivity index (χ3n) is 2.76. The lowest BCUT2D eigenvalue weighted by molar-refractivity contribution is 0.0597. The summed E-state index contributed by atoms with van der Waals surface area (Å²) < 4.78 is 10.4. The first-order valence-electron chi connectivity index (χ1n) is 5.93. The monoisotopic (exact) mass is 257 g/mol. The molecule has 0 unspecified atom stereocenters. The molecule has 0 saturated heterocycles. The summed E-state index contributed by atoms with van der Waals surface area (Å²) in [7, 11) is 1.37. The summed E-state index contributed by atoms with van der Waals surface area (Å²) in [5.74, 6) is 0.351. The Balaban J connectivity index is 2.16. The Kier molecular flexibility index (Phi) is 4.13. The van der Waals surface area contributed by atoms with Crippen LogP contribution >= 0.6 is 0 Å². The maximum Gasteiger partial charge on any atom is 0.338 e. The van der Waals surface area contributed by atoms with Gasteiger partial charge in [-0.1, -0.05) is 18.2 Å². The van der Waals surface area contributed by atoms with E-state index >= 15 is 0 Å². The molecule has 0 aliphatic heterocycles. The van der Waals surface area contributed by atoms with Crippen LogP contribution in [0.15, 0.2) is 42.6 Å². The van der Waals surface area contributed by atoms with Gasteiger partial charge in [-0.2, -0.15) is 0 Å². The number of aryl methyl sites for hydroxylation is 1. The van der Waals surface area contributed by atoms with Gasteiger partial charge < -0.3 is 9.47 Å². The van der Waals surface area contributed by atoms with E-state index in [0.717, 1.165) is 11.3 Å². The molecule has 19 heavy (non-hydrogen) atoms. The molecule has 0 atom stereocenters.